The van der Waals surface area contributed by atoms with E-state index in [1.165, 1.54) is 18.5 Å². The Morgan fingerprint density at radius 2 is 1.92 bits per heavy atom. The summed E-state index contributed by atoms with van der Waals surface area (Å²) in [7, 11) is 1.58. The molecule has 10 heteroatoms. The van der Waals surface area contributed by atoms with Gasteiger partial charge in [-0.3, -0.25) is 0 Å². The van der Waals surface area contributed by atoms with Crippen molar-refractivity contribution in [1.29, 1.82) is 0 Å². The molecule has 2 heterocycles. The molecule has 0 aliphatic rings. The number of aldehydes is 1. The average Bonchev–Trinajstić information content (AvgIpc) is 3.35. The zero-order valence-corrected chi connectivity index (χ0v) is 21.4. The summed E-state index contributed by atoms with van der Waals surface area (Å²) in [6, 6.07) is 7.99. The summed E-state index contributed by atoms with van der Waals surface area (Å²) in [5.41, 5.74) is 2.26. The zero-order valence-electron chi connectivity index (χ0n) is 20.6. The SMILES string of the molecule is COc1cc2ncnc(Nc3ccc(F)c(Cl)c3)c2cc1OCCc1cnc(CCCCCCC=O)[nH]1. The third-order valence-corrected chi connectivity index (χ3v) is 6.19. The Morgan fingerprint density at radius 3 is 2.73 bits per heavy atom. The van der Waals surface area contributed by atoms with Gasteiger partial charge in [0.05, 0.1) is 24.3 Å². The molecule has 37 heavy (non-hydrogen) atoms. The van der Waals surface area contributed by atoms with Gasteiger partial charge in [-0.2, -0.15) is 0 Å². The Bertz CT molecular complexity index is 1350. The molecule has 0 saturated carbocycles. The number of hydrogen-bond donors (Lipinski definition) is 2. The number of carbonyl (C=O) groups is 1. The van der Waals surface area contributed by atoms with Crippen LogP contribution in [-0.4, -0.2) is 39.9 Å². The predicted molar refractivity (Wildman–Crippen MR) is 141 cm³/mol. The number of ether oxygens (including phenoxy) is 2. The van der Waals surface area contributed by atoms with Crippen LogP contribution in [0.4, 0.5) is 15.9 Å². The highest BCUT2D eigenvalue weighted by atomic mass is 35.5. The van der Waals surface area contributed by atoms with E-state index in [1.54, 1.807) is 19.2 Å². The minimum absolute atomic E-state index is 0.0191. The number of fused-ring (bicyclic) bond motifs is 1. The van der Waals surface area contributed by atoms with Gasteiger partial charge in [0.1, 0.15) is 30.1 Å². The first kappa shape index (κ1) is 26.3. The second kappa shape index (κ2) is 13.0. The van der Waals surface area contributed by atoms with Crippen LogP contribution in [0.25, 0.3) is 10.9 Å². The standard InChI is InChI=1S/C27H29ClFN5O3/c1-36-24-15-23-20(27(32-17-31-23)34-18-8-9-22(29)21(28)13-18)14-25(24)37-12-10-19-16-30-26(33-19)7-5-3-2-4-6-11-35/h8-9,11,13-17H,2-7,10,12H2,1H3,(H,30,33)(H,31,32,34). The monoisotopic (exact) mass is 525 g/mol. The van der Waals surface area contributed by atoms with Crippen LogP contribution in [0.15, 0.2) is 42.9 Å². The maximum absolute atomic E-state index is 13.5. The summed E-state index contributed by atoms with van der Waals surface area (Å²) in [6.07, 6.45) is 10.6. The smallest absolute Gasteiger partial charge is 0.162 e. The third kappa shape index (κ3) is 7.16. The Morgan fingerprint density at radius 1 is 1.05 bits per heavy atom. The molecule has 0 saturated heterocycles. The molecule has 2 aromatic carbocycles. The van der Waals surface area contributed by atoms with Crippen LogP contribution in [0.5, 0.6) is 11.5 Å². The molecule has 2 aromatic heterocycles. The molecule has 0 bridgehead atoms. The average molecular weight is 526 g/mol. The number of anilines is 2. The summed E-state index contributed by atoms with van der Waals surface area (Å²) in [5.74, 6) is 2.12. The number of methoxy groups -OCH3 is 1. The van der Waals surface area contributed by atoms with Crippen molar-refractivity contribution < 1.29 is 18.7 Å². The highest BCUT2D eigenvalue weighted by Gasteiger charge is 2.13. The minimum Gasteiger partial charge on any atom is -0.493 e. The molecule has 194 valence electrons. The zero-order chi connectivity index (χ0) is 26.0. The summed E-state index contributed by atoms with van der Waals surface area (Å²) >= 11 is 5.92. The van der Waals surface area contributed by atoms with Crippen LogP contribution < -0.4 is 14.8 Å². The van der Waals surface area contributed by atoms with E-state index in [2.05, 4.69) is 25.3 Å². The van der Waals surface area contributed by atoms with Crippen LogP contribution >= 0.6 is 11.6 Å². The van der Waals surface area contributed by atoms with Crippen LogP contribution in [0.2, 0.25) is 5.02 Å². The van der Waals surface area contributed by atoms with Crippen LogP contribution in [0, 0.1) is 5.82 Å². The topological polar surface area (TPSA) is 102 Å². The number of nitrogens with one attached hydrogen (secondary N) is 2. The summed E-state index contributed by atoms with van der Waals surface area (Å²) in [6.45, 7) is 0.416. The van der Waals surface area contributed by atoms with E-state index in [-0.39, 0.29) is 5.02 Å². The van der Waals surface area contributed by atoms with Gasteiger partial charge in [0.25, 0.3) is 0 Å². The van der Waals surface area contributed by atoms with Gasteiger partial charge < -0.3 is 24.6 Å². The predicted octanol–water partition coefficient (Wildman–Crippen LogP) is 6.21. The fourth-order valence-corrected chi connectivity index (χ4v) is 4.13. The molecule has 0 atom stereocenters. The van der Waals surface area contributed by atoms with Crippen LogP contribution in [0.3, 0.4) is 0 Å². The van der Waals surface area contributed by atoms with Gasteiger partial charge >= 0.3 is 0 Å². The first-order valence-electron chi connectivity index (χ1n) is 12.2. The lowest BCUT2D eigenvalue weighted by Crippen LogP contribution is -2.04. The fraction of sp³-hybridized carbons (Fsp3) is 0.333. The van der Waals surface area contributed by atoms with E-state index in [9.17, 15) is 9.18 Å². The number of unbranched alkanes of at least 4 members (excludes halogenated alkanes) is 4. The summed E-state index contributed by atoms with van der Waals surface area (Å²) in [5, 5.41) is 3.91. The highest BCUT2D eigenvalue weighted by Crippen LogP contribution is 2.35. The van der Waals surface area contributed by atoms with E-state index < -0.39 is 5.82 Å². The van der Waals surface area contributed by atoms with Crippen molar-refractivity contribution in [2.24, 2.45) is 0 Å². The van der Waals surface area contributed by atoms with E-state index in [0.717, 1.165) is 55.3 Å². The number of H-pyrrole nitrogens is 1. The van der Waals surface area contributed by atoms with Crippen molar-refractivity contribution in [2.45, 2.75) is 44.9 Å². The van der Waals surface area contributed by atoms with Crippen molar-refractivity contribution in [3.8, 4) is 11.5 Å². The number of rotatable bonds is 14. The minimum atomic E-state index is -0.490. The van der Waals surface area contributed by atoms with Gasteiger partial charge in [0.15, 0.2) is 11.5 Å². The lowest BCUT2D eigenvalue weighted by atomic mass is 10.1. The quantitative estimate of drug-likeness (QED) is 0.149. The molecule has 0 aliphatic heterocycles. The summed E-state index contributed by atoms with van der Waals surface area (Å²) in [4.78, 5) is 26.9. The molecule has 2 N–H and O–H groups in total. The fourth-order valence-electron chi connectivity index (χ4n) is 3.95. The van der Waals surface area contributed by atoms with Gasteiger partial charge in [0, 0.05) is 48.3 Å². The second-order valence-corrected chi connectivity index (χ2v) is 8.98. The summed E-state index contributed by atoms with van der Waals surface area (Å²) < 4.78 is 25.1. The molecule has 4 rings (SSSR count). The maximum Gasteiger partial charge on any atom is 0.162 e. The molecular formula is C27H29ClFN5O3. The number of carbonyl (C=O) groups excluding carboxylic acids is 1. The molecule has 0 spiro atoms. The highest BCUT2D eigenvalue weighted by molar-refractivity contribution is 6.31. The van der Waals surface area contributed by atoms with E-state index in [4.69, 9.17) is 21.1 Å². The van der Waals surface area contributed by atoms with Crippen LogP contribution in [0.1, 0.15) is 43.6 Å². The molecule has 8 nitrogen and oxygen atoms in total. The third-order valence-electron chi connectivity index (χ3n) is 5.90. The van der Waals surface area contributed by atoms with Crippen molar-refractivity contribution in [3.63, 3.8) is 0 Å². The largest absolute Gasteiger partial charge is 0.493 e. The Balaban J connectivity index is 1.39. The Kier molecular flexibility index (Phi) is 9.26. The van der Waals surface area contributed by atoms with Crippen molar-refractivity contribution >= 4 is 40.3 Å². The van der Waals surface area contributed by atoms with Gasteiger partial charge in [-0.25, -0.2) is 19.3 Å². The number of halogens is 2. The first-order valence-corrected chi connectivity index (χ1v) is 12.6. The normalized spacial score (nSPS) is 11.0. The number of nitrogens with zero attached hydrogens (tertiary/aromatic N) is 3. The van der Waals surface area contributed by atoms with Gasteiger partial charge in [-0.15, -0.1) is 0 Å². The molecule has 0 unspecified atom stereocenters. The van der Waals surface area contributed by atoms with E-state index >= 15 is 0 Å². The number of aromatic nitrogens is 4. The van der Waals surface area contributed by atoms with Gasteiger partial charge in [-0.1, -0.05) is 24.4 Å². The van der Waals surface area contributed by atoms with Crippen LogP contribution in [-0.2, 0) is 17.6 Å². The van der Waals surface area contributed by atoms with E-state index in [0.29, 0.717) is 48.0 Å². The van der Waals surface area contributed by atoms with Crippen molar-refractivity contribution in [1.82, 2.24) is 19.9 Å². The lowest BCUT2D eigenvalue weighted by Gasteiger charge is -2.14. The number of hydrogen-bond acceptors (Lipinski definition) is 7. The maximum atomic E-state index is 13.5. The number of aryl methyl sites for hydroxylation is 1. The van der Waals surface area contributed by atoms with Gasteiger partial charge in [-0.05, 0) is 37.1 Å². The molecule has 0 aliphatic carbocycles. The second-order valence-electron chi connectivity index (χ2n) is 8.57. The Hall–Kier alpha value is -3.72. The number of imidazole rings is 1. The van der Waals surface area contributed by atoms with E-state index in [1.807, 2.05) is 12.3 Å². The molecule has 0 fully saturated rings. The molecule has 0 amide bonds. The molecular weight excluding hydrogens is 497 g/mol. The molecule has 4 aromatic rings. The number of aromatic amines is 1. The molecule has 0 radical (unpaired) electrons. The van der Waals surface area contributed by atoms with Gasteiger partial charge in [0.2, 0.25) is 0 Å². The lowest BCUT2D eigenvalue weighted by molar-refractivity contribution is -0.107. The first-order chi connectivity index (χ1) is 18.1. The van der Waals surface area contributed by atoms with Crippen molar-refractivity contribution in [2.75, 3.05) is 19.0 Å². The Labute approximate surface area is 219 Å². The number of benzene rings is 2. The van der Waals surface area contributed by atoms with Crippen molar-refractivity contribution in [3.05, 3.63) is 65.2 Å².